The molecule has 4 heteroatoms. The Balaban J connectivity index is 2.01. The number of nitrogens with two attached hydrogens (primary N) is 1. The molecular weight excluding hydrogens is 202 g/mol. The van der Waals surface area contributed by atoms with E-state index in [1.807, 2.05) is 18.2 Å². The fourth-order valence-electron chi connectivity index (χ4n) is 2.17. The summed E-state index contributed by atoms with van der Waals surface area (Å²) in [6, 6.07) is 5.59. The molecule has 1 heterocycles. The SMILES string of the molecule is CC1CCCCC1Oc1cccc(NN)n1. The fourth-order valence-corrected chi connectivity index (χ4v) is 2.17. The summed E-state index contributed by atoms with van der Waals surface area (Å²) in [4.78, 5) is 4.26. The summed E-state index contributed by atoms with van der Waals surface area (Å²) in [7, 11) is 0. The minimum Gasteiger partial charge on any atom is -0.474 e. The maximum absolute atomic E-state index is 5.90. The Labute approximate surface area is 96.2 Å². The molecule has 4 nitrogen and oxygen atoms in total. The first-order valence-electron chi connectivity index (χ1n) is 5.90. The van der Waals surface area contributed by atoms with E-state index in [1.165, 1.54) is 19.3 Å². The third-order valence-corrected chi connectivity index (χ3v) is 3.18. The van der Waals surface area contributed by atoms with Crippen LogP contribution < -0.4 is 16.0 Å². The monoisotopic (exact) mass is 221 g/mol. The van der Waals surface area contributed by atoms with E-state index < -0.39 is 0 Å². The smallest absolute Gasteiger partial charge is 0.215 e. The number of ether oxygens (including phenoxy) is 1. The molecule has 1 aliphatic rings. The van der Waals surface area contributed by atoms with Gasteiger partial charge >= 0.3 is 0 Å². The van der Waals surface area contributed by atoms with Crippen LogP contribution in [0.1, 0.15) is 32.6 Å². The van der Waals surface area contributed by atoms with Crippen LogP contribution in [0.25, 0.3) is 0 Å². The predicted molar refractivity (Wildman–Crippen MR) is 64.1 cm³/mol. The highest BCUT2D eigenvalue weighted by Gasteiger charge is 2.23. The number of pyridine rings is 1. The van der Waals surface area contributed by atoms with E-state index in [2.05, 4.69) is 17.3 Å². The van der Waals surface area contributed by atoms with Crippen molar-refractivity contribution in [3.63, 3.8) is 0 Å². The highest BCUT2D eigenvalue weighted by atomic mass is 16.5. The molecule has 1 saturated carbocycles. The van der Waals surface area contributed by atoms with Crippen LogP contribution in [0.3, 0.4) is 0 Å². The number of nitrogens with zero attached hydrogens (tertiary/aromatic N) is 1. The van der Waals surface area contributed by atoms with E-state index in [0.717, 1.165) is 6.42 Å². The predicted octanol–water partition coefficient (Wildman–Crippen LogP) is 2.32. The number of nitrogen functional groups attached to an aromatic ring is 1. The van der Waals surface area contributed by atoms with Crippen LogP contribution in [-0.4, -0.2) is 11.1 Å². The van der Waals surface area contributed by atoms with Gasteiger partial charge in [-0.1, -0.05) is 19.4 Å². The molecule has 0 aromatic carbocycles. The van der Waals surface area contributed by atoms with Crippen LogP contribution in [0.4, 0.5) is 5.82 Å². The fraction of sp³-hybridized carbons (Fsp3) is 0.583. The van der Waals surface area contributed by atoms with Crippen molar-refractivity contribution in [2.24, 2.45) is 11.8 Å². The third kappa shape index (κ3) is 2.64. The summed E-state index contributed by atoms with van der Waals surface area (Å²) < 4.78 is 5.90. The Hall–Kier alpha value is -1.29. The molecule has 1 aliphatic carbocycles. The van der Waals surface area contributed by atoms with Gasteiger partial charge in [-0.05, 0) is 31.2 Å². The van der Waals surface area contributed by atoms with Crippen molar-refractivity contribution >= 4 is 5.82 Å². The van der Waals surface area contributed by atoms with Crippen LogP contribution in [-0.2, 0) is 0 Å². The second-order valence-electron chi connectivity index (χ2n) is 4.42. The number of nitrogens with one attached hydrogen (secondary N) is 1. The van der Waals surface area contributed by atoms with E-state index in [0.29, 0.717) is 23.7 Å². The molecule has 0 amide bonds. The molecule has 1 aromatic heterocycles. The molecular formula is C12H19N3O. The van der Waals surface area contributed by atoms with Crippen molar-refractivity contribution in [3.05, 3.63) is 18.2 Å². The Morgan fingerprint density at radius 3 is 2.94 bits per heavy atom. The molecule has 1 fully saturated rings. The number of hydrazine groups is 1. The van der Waals surface area contributed by atoms with Gasteiger partial charge in [-0.25, -0.2) is 5.84 Å². The van der Waals surface area contributed by atoms with Crippen molar-refractivity contribution in [2.45, 2.75) is 38.7 Å². The molecule has 0 radical (unpaired) electrons. The molecule has 1 aromatic rings. The first-order chi connectivity index (χ1) is 7.79. The Kier molecular flexibility index (Phi) is 3.62. The van der Waals surface area contributed by atoms with E-state index >= 15 is 0 Å². The number of hydrogen-bond acceptors (Lipinski definition) is 4. The van der Waals surface area contributed by atoms with Gasteiger partial charge in [0.25, 0.3) is 0 Å². The molecule has 0 aliphatic heterocycles. The van der Waals surface area contributed by atoms with Crippen molar-refractivity contribution in [2.75, 3.05) is 5.43 Å². The topological polar surface area (TPSA) is 60.2 Å². The van der Waals surface area contributed by atoms with Crippen LogP contribution in [0.2, 0.25) is 0 Å². The van der Waals surface area contributed by atoms with Crippen molar-refractivity contribution in [3.8, 4) is 5.88 Å². The standard InChI is InChI=1S/C12H19N3O/c1-9-5-2-3-6-10(9)16-12-8-4-7-11(14-12)15-13/h4,7-10H,2-3,5-6,13H2,1H3,(H,14,15). The van der Waals surface area contributed by atoms with Gasteiger partial charge < -0.3 is 10.2 Å². The molecule has 0 spiro atoms. The normalized spacial score (nSPS) is 25.1. The first-order valence-corrected chi connectivity index (χ1v) is 5.90. The van der Waals surface area contributed by atoms with Gasteiger partial charge in [-0.15, -0.1) is 0 Å². The molecule has 2 unspecified atom stereocenters. The van der Waals surface area contributed by atoms with Crippen molar-refractivity contribution < 1.29 is 4.74 Å². The maximum atomic E-state index is 5.90. The number of anilines is 1. The van der Waals surface area contributed by atoms with E-state index in [4.69, 9.17) is 10.6 Å². The highest BCUT2D eigenvalue weighted by Crippen LogP contribution is 2.27. The van der Waals surface area contributed by atoms with Gasteiger partial charge in [0.05, 0.1) is 0 Å². The average molecular weight is 221 g/mol. The molecule has 0 bridgehead atoms. The summed E-state index contributed by atoms with van der Waals surface area (Å²) in [5.41, 5.74) is 2.52. The Bertz CT molecular complexity index is 343. The molecule has 88 valence electrons. The summed E-state index contributed by atoms with van der Waals surface area (Å²) in [6.07, 6.45) is 5.25. The summed E-state index contributed by atoms with van der Waals surface area (Å²) in [5, 5.41) is 0. The second-order valence-corrected chi connectivity index (χ2v) is 4.42. The quantitative estimate of drug-likeness (QED) is 0.607. The number of rotatable bonds is 3. The Morgan fingerprint density at radius 1 is 1.38 bits per heavy atom. The second kappa shape index (κ2) is 5.16. The van der Waals surface area contributed by atoms with Crippen molar-refractivity contribution in [1.29, 1.82) is 0 Å². The highest BCUT2D eigenvalue weighted by molar-refractivity contribution is 5.35. The van der Waals surface area contributed by atoms with Crippen LogP contribution in [0, 0.1) is 5.92 Å². The van der Waals surface area contributed by atoms with Gasteiger partial charge in [0.2, 0.25) is 5.88 Å². The number of hydrogen-bond donors (Lipinski definition) is 2. The lowest BCUT2D eigenvalue weighted by molar-refractivity contribution is 0.0977. The maximum Gasteiger partial charge on any atom is 0.215 e. The first kappa shape index (κ1) is 11.2. The average Bonchev–Trinajstić information content (AvgIpc) is 2.32. The Morgan fingerprint density at radius 2 is 2.19 bits per heavy atom. The molecule has 2 rings (SSSR count). The third-order valence-electron chi connectivity index (χ3n) is 3.18. The molecule has 16 heavy (non-hydrogen) atoms. The summed E-state index contributed by atoms with van der Waals surface area (Å²) in [5.74, 6) is 7.23. The minimum absolute atomic E-state index is 0.300. The lowest BCUT2D eigenvalue weighted by Crippen LogP contribution is -2.28. The van der Waals surface area contributed by atoms with Gasteiger partial charge in [-0.2, -0.15) is 4.98 Å². The van der Waals surface area contributed by atoms with Crippen molar-refractivity contribution in [1.82, 2.24) is 4.98 Å². The van der Waals surface area contributed by atoms with Crippen LogP contribution in [0.5, 0.6) is 5.88 Å². The van der Waals surface area contributed by atoms with Gasteiger partial charge in [0.15, 0.2) is 0 Å². The van der Waals surface area contributed by atoms with E-state index in [1.54, 1.807) is 0 Å². The van der Waals surface area contributed by atoms with Gasteiger partial charge in [-0.3, -0.25) is 0 Å². The van der Waals surface area contributed by atoms with Gasteiger partial charge in [0, 0.05) is 6.07 Å². The molecule has 0 saturated heterocycles. The lowest BCUT2D eigenvalue weighted by atomic mass is 9.88. The van der Waals surface area contributed by atoms with E-state index in [-0.39, 0.29) is 0 Å². The zero-order chi connectivity index (χ0) is 11.4. The largest absolute Gasteiger partial charge is 0.474 e. The van der Waals surface area contributed by atoms with E-state index in [9.17, 15) is 0 Å². The molecule has 3 N–H and O–H groups in total. The van der Waals surface area contributed by atoms with Gasteiger partial charge in [0.1, 0.15) is 11.9 Å². The number of aromatic nitrogens is 1. The lowest BCUT2D eigenvalue weighted by Gasteiger charge is -2.28. The zero-order valence-corrected chi connectivity index (χ0v) is 9.65. The summed E-state index contributed by atoms with van der Waals surface area (Å²) >= 11 is 0. The zero-order valence-electron chi connectivity index (χ0n) is 9.65. The minimum atomic E-state index is 0.300. The summed E-state index contributed by atoms with van der Waals surface area (Å²) in [6.45, 7) is 2.24. The molecule has 2 atom stereocenters. The van der Waals surface area contributed by atoms with Crippen LogP contribution >= 0.6 is 0 Å². The van der Waals surface area contributed by atoms with Crippen LogP contribution in [0.15, 0.2) is 18.2 Å².